The lowest BCUT2D eigenvalue weighted by atomic mass is 10.5. The second-order valence-corrected chi connectivity index (χ2v) is 1.36. The molecule has 0 spiro atoms. The molecule has 6 heteroatoms. The topological polar surface area (TPSA) is 101 Å². The second kappa shape index (κ2) is 4.04. The summed E-state index contributed by atoms with van der Waals surface area (Å²) in [6, 6.07) is 0. The molecule has 0 aliphatic carbocycles. The van der Waals surface area contributed by atoms with Crippen molar-refractivity contribution in [3.05, 3.63) is 12.2 Å². The molecule has 0 rings (SSSR count). The van der Waals surface area contributed by atoms with Crippen molar-refractivity contribution in [2.75, 3.05) is 0 Å². The molecule has 0 saturated carbocycles. The molecule has 0 radical (unpaired) electrons. The Morgan fingerprint density at radius 3 is 2.00 bits per heavy atom. The average molecular weight is 160 g/mol. The van der Waals surface area contributed by atoms with Gasteiger partial charge in [-0.1, -0.05) is 0 Å². The molecule has 0 aliphatic heterocycles. The van der Waals surface area contributed by atoms with Gasteiger partial charge in [0.1, 0.15) is 0 Å². The maximum Gasteiger partial charge on any atom is 0.513 e. The van der Waals surface area contributed by atoms with Gasteiger partial charge in [-0.3, -0.25) is 0 Å². The minimum Gasteiger partial charge on any atom is -0.478 e. The van der Waals surface area contributed by atoms with E-state index in [-0.39, 0.29) is 0 Å². The van der Waals surface area contributed by atoms with Crippen molar-refractivity contribution in [3.63, 3.8) is 0 Å². The van der Waals surface area contributed by atoms with E-state index in [4.69, 9.17) is 10.2 Å². The molecule has 0 aromatic heterocycles. The zero-order valence-corrected chi connectivity index (χ0v) is 5.18. The van der Waals surface area contributed by atoms with Gasteiger partial charge < -0.3 is 14.9 Å². The first-order valence-corrected chi connectivity index (χ1v) is 2.38. The van der Waals surface area contributed by atoms with Crippen molar-refractivity contribution < 1.29 is 29.3 Å². The van der Waals surface area contributed by atoms with Crippen LogP contribution >= 0.6 is 0 Å². The molecule has 0 bridgehead atoms. The Bertz CT molecular complexity index is 215. The summed E-state index contributed by atoms with van der Waals surface area (Å²) in [7, 11) is 0. The molecule has 0 amide bonds. The number of hydrogen-bond donors (Lipinski definition) is 2. The van der Waals surface area contributed by atoms with Crippen LogP contribution in [0, 0.1) is 0 Å². The smallest absolute Gasteiger partial charge is 0.478 e. The van der Waals surface area contributed by atoms with Crippen LogP contribution in [0.3, 0.4) is 0 Å². The predicted octanol–water partition coefficient (Wildman–Crippen LogP) is -0.152. The van der Waals surface area contributed by atoms with E-state index in [1.807, 2.05) is 0 Å². The second-order valence-electron chi connectivity index (χ2n) is 1.36. The van der Waals surface area contributed by atoms with E-state index in [1.165, 1.54) is 0 Å². The van der Waals surface area contributed by atoms with Crippen molar-refractivity contribution in [3.8, 4) is 0 Å². The number of carboxylic acids is 1. The van der Waals surface area contributed by atoms with Gasteiger partial charge in [0.15, 0.2) is 0 Å². The Morgan fingerprint density at radius 1 is 1.09 bits per heavy atom. The van der Waals surface area contributed by atoms with E-state index in [2.05, 4.69) is 4.74 Å². The van der Waals surface area contributed by atoms with E-state index in [0.29, 0.717) is 12.2 Å². The summed E-state index contributed by atoms with van der Waals surface area (Å²) in [5.41, 5.74) is 0. The number of carbonyl (C=O) groups is 3. The third-order valence-electron chi connectivity index (χ3n) is 0.550. The summed E-state index contributed by atoms with van der Waals surface area (Å²) in [5.74, 6) is -2.59. The molecule has 6 nitrogen and oxygen atoms in total. The number of carbonyl (C=O) groups excluding carboxylic acids is 1. The molecular formula is C5H4O6. The van der Waals surface area contributed by atoms with Crippen molar-refractivity contribution in [1.82, 2.24) is 0 Å². The Morgan fingerprint density at radius 2 is 1.64 bits per heavy atom. The monoisotopic (exact) mass is 160 g/mol. The number of aliphatic carboxylic acids is 1. The van der Waals surface area contributed by atoms with E-state index >= 15 is 0 Å². The number of carboxylic acid groups (broad SMARTS) is 2. The van der Waals surface area contributed by atoms with Crippen LogP contribution in [0.4, 0.5) is 4.79 Å². The summed E-state index contributed by atoms with van der Waals surface area (Å²) in [4.78, 5) is 29.6. The van der Waals surface area contributed by atoms with Crippen LogP contribution in [-0.4, -0.2) is 28.3 Å². The van der Waals surface area contributed by atoms with Crippen LogP contribution < -0.4 is 0 Å². The van der Waals surface area contributed by atoms with Gasteiger partial charge in [-0.25, -0.2) is 14.4 Å². The van der Waals surface area contributed by atoms with Crippen molar-refractivity contribution in [2.24, 2.45) is 0 Å². The molecule has 0 unspecified atom stereocenters. The van der Waals surface area contributed by atoms with Gasteiger partial charge in [0.2, 0.25) is 0 Å². The molecule has 0 fully saturated rings. The summed E-state index contributed by atoms with van der Waals surface area (Å²) in [5, 5.41) is 15.8. The highest BCUT2D eigenvalue weighted by molar-refractivity contribution is 5.94. The molecule has 0 aromatic carbocycles. The number of rotatable bonds is 2. The van der Waals surface area contributed by atoms with Crippen molar-refractivity contribution in [2.45, 2.75) is 0 Å². The van der Waals surface area contributed by atoms with Crippen molar-refractivity contribution >= 4 is 18.1 Å². The zero-order chi connectivity index (χ0) is 8.85. The lowest BCUT2D eigenvalue weighted by Gasteiger charge is -1.88. The maximum absolute atomic E-state index is 10.2. The summed E-state index contributed by atoms with van der Waals surface area (Å²) in [6.45, 7) is 0. The Kier molecular flexibility index (Phi) is 3.36. The fourth-order valence-electron chi connectivity index (χ4n) is 0.259. The molecular weight excluding hydrogens is 156 g/mol. The predicted molar refractivity (Wildman–Crippen MR) is 30.9 cm³/mol. The van der Waals surface area contributed by atoms with Gasteiger partial charge >= 0.3 is 18.1 Å². The molecule has 0 aliphatic rings. The molecule has 60 valence electrons. The number of hydrogen-bond acceptors (Lipinski definition) is 4. The molecule has 11 heavy (non-hydrogen) atoms. The number of ether oxygens (including phenoxy) is 1. The van der Waals surface area contributed by atoms with Crippen molar-refractivity contribution in [1.29, 1.82) is 0 Å². The first kappa shape index (κ1) is 9.15. The largest absolute Gasteiger partial charge is 0.513 e. The molecule has 0 heterocycles. The van der Waals surface area contributed by atoms with Gasteiger partial charge in [0.25, 0.3) is 0 Å². The summed E-state index contributed by atoms with van der Waals surface area (Å²) < 4.78 is 3.53. The Balaban J connectivity index is 3.88. The van der Waals surface area contributed by atoms with E-state index in [0.717, 1.165) is 0 Å². The first-order chi connectivity index (χ1) is 5.02. The van der Waals surface area contributed by atoms with E-state index < -0.39 is 18.1 Å². The highest BCUT2D eigenvalue weighted by Crippen LogP contribution is 1.82. The Labute approximate surface area is 60.7 Å². The highest BCUT2D eigenvalue weighted by atomic mass is 16.7. The average Bonchev–Trinajstić information content (AvgIpc) is 1.82. The third kappa shape index (κ3) is 6.03. The van der Waals surface area contributed by atoms with Gasteiger partial charge in [-0.2, -0.15) is 0 Å². The minimum absolute atomic E-state index is 0.477. The molecule has 0 aromatic rings. The highest BCUT2D eigenvalue weighted by Gasteiger charge is 2.03. The summed E-state index contributed by atoms with van der Waals surface area (Å²) >= 11 is 0. The maximum atomic E-state index is 10.2. The van der Waals surface area contributed by atoms with E-state index in [9.17, 15) is 14.4 Å². The van der Waals surface area contributed by atoms with Gasteiger partial charge in [0, 0.05) is 12.2 Å². The number of esters is 1. The zero-order valence-electron chi connectivity index (χ0n) is 5.18. The minimum atomic E-state index is -1.77. The first-order valence-electron chi connectivity index (χ1n) is 2.38. The van der Waals surface area contributed by atoms with Crippen LogP contribution in [0.2, 0.25) is 0 Å². The lowest BCUT2D eigenvalue weighted by Crippen LogP contribution is -2.07. The molecule has 2 N–H and O–H groups in total. The Hall–Kier alpha value is -1.85. The van der Waals surface area contributed by atoms with E-state index in [1.54, 1.807) is 0 Å². The standard InChI is InChI=1S/C5H4O6/c6-3(7)1-2-4(8)11-5(9)10/h1-2H,(H,6,7)(H,9,10). The normalized spacial score (nSPS) is 9.45. The summed E-state index contributed by atoms with van der Waals surface area (Å²) in [6.07, 6.45) is -0.799. The fourth-order valence-corrected chi connectivity index (χ4v) is 0.259. The SMILES string of the molecule is O=C(O)C=CC(=O)OC(=O)O. The lowest BCUT2D eigenvalue weighted by molar-refractivity contribution is -0.135. The van der Waals surface area contributed by atoms with Crippen LogP contribution in [-0.2, 0) is 14.3 Å². The molecule has 0 atom stereocenters. The van der Waals surface area contributed by atoms with Gasteiger partial charge in [-0.15, -0.1) is 0 Å². The van der Waals surface area contributed by atoms with Crippen LogP contribution in [0.25, 0.3) is 0 Å². The quantitative estimate of drug-likeness (QED) is 0.331. The fraction of sp³-hybridized carbons (Fsp3) is 0. The van der Waals surface area contributed by atoms with Gasteiger partial charge in [-0.05, 0) is 0 Å². The van der Waals surface area contributed by atoms with Crippen LogP contribution in [0.15, 0.2) is 12.2 Å². The third-order valence-corrected chi connectivity index (χ3v) is 0.550. The van der Waals surface area contributed by atoms with Crippen LogP contribution in [0.1, 0.15) is 0 Å². The van der Waals surface area contributed by atoms with Gasteiger partial charge in [0.05, 0.1) is 0 Å². The van der Waals surface area contributed by atoms with Crippen LogP contribution in [0.5, 0.6) is 0 Å². The molecule has 0 saturated heterocycles.